The van der Waals surface area contributed by atoms with Crippen LogP contribution < -0.4 is 5.32 Å². The first kappa shape index (κ1) is 8.45. The second kappa shape index (κ2) is 3.07. The van der Waals surface area contributed by atoms with E-state index in [4.69, 9.17) is 11.6 Å². The summed E-state index contributed by atoms with van der Waals surface area (Å²) in [4.78, 5) is 4.10. The highest BCUT2D eigenvalue weighted by molar-refractivity contribution is 6.29. The fourth-order valence-corrected chi connectivity index (χ4v) is 2.35. The molecule has 2 atom stereocenters. The van der Waals surface area contributed by atoms with Gasteiger partial charge in [0, 0.05) is 18.8 Å². The van der Waals surface area contributed by atoms with Crippen molar-refractivity contribution >= 4 is 17.2 Å². The van der Waals surface area contributed by atoms with Gasteiger partial charge in [0.25, 0.3) is 0 Å². The summed E-state index contributed by atoms with van der Waals surface area (Å²) >= 11 is 5.75. The van der Waals surface area contributed by atoms with Gasteiger partial charge in [-0.05, 0) is 29.5 Å². The minimum absolute atomic E-state index is 0.561. The van der Waals surface area contributed by atoms with Crippen LogP contribution in [0, 0.1) is 5.92 Å². The van der Waals surface area contributed by atoms with E-state index in [0.717, 1.165) is 12.5 Å². The Morgan fingerprint density at radius 1 is 1.43 bits per heavy atom. The summed E-state index contributed by atoms with van der Waals surface area (Å²) in [5.41, 5.74) is 2.60. The Kier molecular flexibility index (Phi) is 1.85. The van der Waals surface area contributed by atoms with Crippen LogP contribution in [0.15, 0.2) is 24.4 Å². The molecule has 72 valence electrons. The van der Waals surface area contributed by atoms with Crippen molar-refractivity contribution < 1.29 is 0 Å². The summed E-state index contributed by atoms with van der Waals surface area (Å²) < 4.78 is 0. The molecule has 1 saturated heterocycles. The van der Waals surface area contributed by atoms with E-state index < -0.39 is 0 Å². The number of hydrogen-bond acceptors (Lipinski definition) is 2. The highest BCUT2D eigenvalue weighted by Gasteiger charge is 2.36. The molecule has 1 aromatic rings. The normalized spacial score (nSPS) is 29.4. The van der Waals surface area contributed by atoms with E-state index in [1.165, 1.54) is 17.6 Å². The molecule has 2 aliphatic rings. The molecule has 1 aromatic heterocycles. The predicted octanol–water partition coefficient (Wildman–Crippen LogP) is 2.11. The van der Waals surface area contributed by atoms with Gasteiger partial charge in [0.2, 0.25) is 0 Å². The van der Waals surface area contributed by atoms with Crippen LogP contribution >= 0.6 is 11.6 Å². The van der Waals surface area contributed by atoms with E-state index >= 15 is 0 Å². The van der Waals surface area contributed by atoms with Crippen LogP contribution in [0.4, 0.5) is 0 Å². The van der Waals surface area contributed by atoms with Crippen molar-refractivity contribution in [3.63, 3.8) is 0 Å². The van der Waals surface area contributed by atoms with Gasteiger partial charge in [-0.3, -0.25) is 0 Å². The lowest BCUT2D eigenvalue weighted by Crippen LogP contribution is -2.50. The SMILES string of the molecule is Clc1ccc(C2=CC[C@H]3CN[C@@H]23)cn1. The molecule has 1 aliphatic carbocycles. The lowest BCUT2D eigenvalue weighted by molar-refractivity contribution is 0.307. The van der Waals surface area contributed by atoms with Crippen LogP contribution in [0.1, 0.15) is 12.0 Å². The molecule has 1 N–H and O–H groups in total. The van der Waals surface area contributed by atoms with E-state index in [1.807, 2.05) is 18.3 Å². The van der Waals surface area contributed by atoms with Crippen LogP contribution in [0.2, 0.25) is 5.15 Å². The number of aromatic nitrogens is 1. The Balaban J connectivity index is 1.92. The molecule has 0 aromatic carbocycles. The molecule has 0 bridgehead atoms. The number of hydrogen-bond donors (Lipinski definition) is 1. The van der Waals surface area contributed by atoms with E-state index in [-0.39, 0.29) is 0 Å². The molecule has 0 unspecified atom stereocenters. The fraction of sp³-hybridized carbons (Fsp3) is 0.364. The maximum Gasteiger partial charge on any atom is 0.129 e. The molecular weight excluding hydrogens is 196 g/mol. The summed E-state index contributed by atoms with van der Waals surface area (Å²) in [6.07, 6.45) is 5.38. The van der Waals surface area contributed by atoms with Gasteiger partial charge >= 0.3 is 0 Å². The maximum atomic E-state index is 5.75. The van der Waals surface area contributed by atoms with E-state index in [1.54, 1.807) is 0 Å². The van der Waals surface area contributed by atoms with Crippen molar-refractivity contribution in [2.45, 2.75) is 12.5 Å². The molecule has 1 aliphatic heterocycles. The first-order chi connectivity index (χ1) is 6.84. The van der Waals surface area contributed by atoms with Crippen LogP contribution in [-0.2, 0) is 0 Å². The number of rotatable bonds is 1. The second-order valence-corrected chi connectivity index (χ2v) is 4.30. The van der Waals surface area contributed by atoms with Gasteiger partial charge in [0.15, 0.2) is 0 Å². The predicted molar refractivity (Wildman–Crippen MR) is 57.1 cm³/mol. The third kappa shape index (κ3) is 1.18. The number of fused-ring (bicyclic) bond motifs is 1. The van der Waals surface area contributed by atoms with Gasteiger partial charge in [0.05, 0.1) is 0 Å². The Hall–Kier alpha value is -0.860. The monoisotopic (exact) mass is 206 g/mol. The number of nitrogens with one attached hydrogen (secondary N) is 1. The van der Waals surface area contributed by atoms with Crippen LogP contribution in [-0.4, -0.2) is 17.6 Å². The minimum Gasteiger partial charge on any atom is -0.309 e. The highest BCUT2D eigenvalue weighted by Crippen LogP contribution is 2.37. The molecule has 0 saturated carbocycles. The lowest BCUT2D eigenvalue weighted by Gasteiger charge is -2.34. The van der Waals surface area contributed by atoms with Crippen molar-refractivity contribution in [3.8, 4) is 0 Å². The van der Waals surface area contributed by atoms with E-state index in [0.29, 0.717) is 11.2 Å². The Morgan fingerprint density at radius 2 is 2.36 bits per heavy atom. The molecule has 0 spiro atoms. The smallest absolute Gasteiger partial charge is 0.129 e. The molecule has 2 heterocycles. The van der Waals surface area contributed by atoms with Crippen molar-refractivity contribution in [2.24, 2.45) is 5.92 Å². The lowest BCUT2D eigenvalue weighted by atomic mass is 9.89. The Bertz CT molecular complexity index is 383. The molecule has 14 heavy (non-hydrogen) atoms. The van der Waals surface area contributed by atoms with E-state index in [9.17, 15) is 0 Å². The molecule has 0 radical (unpaired) electrons. The van der Waals surface area contributed by atoms with Crippen molar-refractivity contribution in [1.29, 1.82) is 0 Å². The molecule has 3 rings (SSSR count). The van der Waals surface area contributed by atoms with E-state index in [2.05, 4.69) is 16.4 Å². The summed E-state index contributed by atoms with van der Waals surface area (Å²) in [6.45, 7) is 1.16. The van der Waals surface area contributed by atoms with Crippen LogP contribution in [0.3, 0.4) is 0 Å². The van der Waals surface area contributed by atoms with Crippen molar-refractivity contribution in [1.82, 2.24) is 10.3 Å². The van der Waals surface area contributed by atoms with Crippen LogP contribution in [0.5, 0.6) is 0 Å². The standard InChI is InChI=1S/C11H11ClN2/c12-10-4-2-7(5-13-10)9-3-1-8-6-14-11(8)9/h2-5,8,11,14H,1,6H2/t8-,11+/m0/s1. The maximum absolute atomic E-state index is 5.75. The third-order valence-electron chi connectivity index (χ3n) is 3.11. The highest BCUT2D eigenvalue weighted by atomic mass is 35.5. The topological polar surface area (TPSA) is 24.9 Å². The summed E-state index contributed by atoms with van der Waals surface area (Å²) in [5, 5.41) is 4.00. The van der Waals surface area contributed by atoms with Gasteiger partial charge < -0.3 is 5.32 Å². The van der Waals surface area contributed by atoms with Gasteiger partial charge in [-0.25, -0.2) is 4.98 Å². The zero-order chi connectivity index (χ0) is 9.54. The summed E-state index contributed by atoms with van der Waals surface area (Å²) in [6, 6.07) is 4.46. The summed E-state index contributed by atoms with van der Waals surface area (Å²) in [5.74, 6) is 0.820. The minimum atomic E-state index is 0.561. The number of halogens is 1. The van der Waals surface area contributed by atoms with Gasteiger partial charge in [-0.1, -0.05) is 23.7 Å². The fourth-order valence-electron chi connectivity index (χ4n) is 2.23. The Labute approximate surface area is 88.0 Å². The zero-order valence-electron chi connectivity index (χ0n) is 7.70. The third-order valence-corrected chi connectivity index (χ3v) is 3.33. The van der Waals surface area contributed by atoms with Gasteiger partial charge in [-0.2, -0.15) is 0 Å². The first-order valence-electron chi connectivity index (χ1n) is 4.90. The van der Waals surface area contributed by atoms with Crippen molar-refractivity contribution in [2.75, 3.05) is 6.54 Å². The quantitative estimate of drug-likeness (QED) is 0.712. The Morgan fingerprint density at radius 3 is 2.93 bits per heavy atom. The summed E-state index contributed by atoms with van der Waals surface area (Å²) in [7, 11) is 0. The number of nitrogens with zero attached hydrogens (tertiary/aromatic N) is 1. The van der Waals surface area contributed by atoms with Crippen molar-refractivity contribution in [3.05, 3.63) is 35.1 Å². The molecule has 0 amide bonds. The second-order valence-electron chi connectivity index (χ2n) is 3.91. The molecule has 3 heteroatoms. The number of pyridine rings is 1. The molecule has 1 fully saturated rings. The molecule has 2 nitrogen and oxygen atoms in total. The first-order valence-corrected chi connectivity index (χ1v) is 5.28. The van der Waals surface area contributed by atoms with Crippen LogP contribution in [0.25, 0.3) is 5.57 Å². The average Bonchev–Trinajstić information content (AvgIpc) is 2.43. The average molecular weight is 207 g/mol. The molecular formula is C11H11ClN2. The zero-order valence-corrected chi connectivity index (χ0v) is 8.46. The number of allylic oxidation sites excluding steroid dienone is 1. The van der Waals surface area contributed by atoms with Gasteiger partial charge in [-0.15, -0.1) is 0 Å². The largest absolute Gasteiger partial charge is 0.309 e. The van der Waals surface area contributed by atoms with Gasteiger partial charge in [0.1, 0.15) is 5.15 Å².